The fourth-order valence-electron chi connectivity index (χ4n) is 1.63. The molecule has 0 N–H and O–H groups in total. The van der Waals surface area contributed by atoms with Gasteiger partial charge < -0.3 is 0 Å². The van der Waals surface area contributed by atoms with Crippen LogP contribution in [-0.2, 0) is 6.42 Å². The normalized spacial score (nSPS) is 10.6. The number of thiophene rings is 1. The van der Waals surface area contributed by atoms with E-state index in [1.807, 2.05) is 23.5 Å². The van der Waals surface area contributed by atoms with Crippen LogP contribution in [0.5, 0.6) is 0 Å². The predicted molar refractivity (Wildman–Crippen MR) is 68.3 cm³/mol. The lowest BCUT2D eigenvalue weighted by molar-refractivity contribution is 0.628. The summed E-state index contributed by atoms with van der Waals surface area (Å²) in [7, 11) is 0. The Bertz CT molecular complexity index is 442. The number of unbranched alkanes of at least 4 members (excludes halogenated alkanes) is 1. The highest BCUT2D eigenvalue weighted by Gasteiger charge is 2.02. The topological polar surface area (TPSA) is 0 Å². The summed E-state index contributed by atoms with van der Waals surface area (Å²) >= 11 is 1.81. The van der Waals surface area contributed by atoms with Gasteiger partial charge in [0.25, 0.3) is 0 Å². The van der Waals surface area contributed by atoms with Gasteiger partial charge in [0.1, 0.15) is 5.82 Å². The Morgan fingerprint density at radius 3 is 2.50 bits per heavy atom. The highest BCUT2D eigenvalue weighted by Crippen LogP contribution is 2.28. The molecule has 1 aromatic heterocycles. The number of hydrogen-bond acceptors (Lipinski definition) is 1. The van der Waals surface area contributed by atoms with Crippen molar-refractivity contribution in [1.82, 2.24) is 0 Å². The molecule has 2 aromatic rings. The number of halogens is 1. The minimum absolute atomic E-state index is 0.175. The molecule has 1 heterocycles. The minimum Gasteiger partial charge on any atom is -0.207 e. The minimum atomic E-state index is -0.175. The average molecular weight is 234 g/mol. The van der Waals surface area contributed by atoms with E-state index in [1.165, 1.54) is 34.7 Å². The van der Waals surface area contributed by atoms with Gasteiger partial charge in [-0.15, -0.1) is 11.3 Å². The lowest BCUT2D eigenvalue weighted by atomic mass is 10.2. The van der Waals surface area contributed by atoms with Crippen LogP contribution >= 0.6 is 11.3 Å². The van der Waals surface area contributed by atoms with Crippen molar-refractivity contribution in [3.8, 4) is 10.4 Å². The van der Waals surface area contributed by atoms with Gasteiger partial charge in [-0.2, -0.15) is 0 Å². The summed E-state index contributed by atoms with van der Waals surface area (Å²) in [6.07, 6.45) is 3.62. The third kappa shape index (κ3) is 2.70. The van der Waals surface area contributed by atoms with Crippen LogP contribution in [0, 0.1) is 5.82 Å². The second-order valence-electron chi connectivity index (χ2n) is 3.88. The zero-order chi connectivity index (χ0) is 11.4. The first-order chi connectivity index (χ1) is 7.79. The van der Waals surface area contributed by atoms with E-state index >= 15 is 0 Å². The van der Waals surface area contributed by atoms with Gasteiger partial charge >= 0.3 is 0 Å². The number of benzene rings is 1. The van der Waals surface area contributed by atoms with Crippen molar-refractivity contribution in [2.24, 2.45) is 0 Å². The molecule has 0 atom stereocenters. The maximum atomic E-state index is 12.8. The van der Waals surface area contributed by atoms with Crippen molar-refractivity contribution >= 4 is 11.3 Å². The van der Waals surface area contributed by atoms with Crippen LogP contribution < -0.4 is 0 Å². The molecular formula is C14H15FS. The van der Waals surface area contributed by atoms with Crippen LogP contribution in [-0.4, -0.2) is 0 Å². The Kier molecular flexibility index (Phi) is 3.73. The van der Waals surface area contributed by atoms with Crippen molar-refractivity contribution in [3.05, 3.63) is 47.1 Å². The number of hydrogen-bond donors (Lipinski definition) is 0. The van der Waals surface area contributed by atoms with Gasteiger partial charge in [-0.1, -0.05) is 25.5 Å². The van der Waals surface area contributed by atoms with Gasteiger partial charge in [-0.3, -0.25) is 0 Å². The third-order valence-electron chi connectivity index (χ3n) is 2.57. The summed E-state index contributed by atoms with van der Waals surface area (Å²) in [5, 5.41) is 0. The number of aryl methyl sites for hydroxylation is 1. The van der Waals surface area contributed by atoms with Crippen LogP contribution in [0.4, 0.5) is 4.39 Å². The zero-order valence-electron chi connectivity index (χ0n) is 9.37. The second kappa shape index (κ2) is 5.26. The van der Waals surface area contributed by atoms with Gasteiger partial charge in [-0.25, -0.2) is 4.39 Å². The first kappa shape index (κ1) is 11.3. The third-order valence-corrected chi connectivity index (χ3v) is 3.76. The van der Waals surface area contributed by atoms with Crippen LogP contribution in [0.15, 0.2) is 36.4 Å². The van der Waals surface area contributed by atoms with Gasteiger partial charge in [0.2, 0.25) is 0 Å². The van der Waals surface area contributed by atoms with E-state index in [2.05, 4.69) is 19.1 Å². The van der Waals surface area contributed by atoms with Gasteiger partial charge in [0.15, 0.2) is 0 Å². The van der Waals surface area contributed by atoms with Crippen molar-refractivity contribution in [3.63, 3.8) is 0 Å². The summed E-state index contributed by atoms with van der Waals surface area (Å²) in [6, 6.07) is 11.0. The molecule has 0 unspecified atom stereocenters. The molecular weight excluding hydrogens is 219 g/mol. The first-order valence-corrected chi connectivity index (χ1v) is 6.46. The van der Waals surface area contributed by atoms with E-state index in [-0.39, 0.29) is 5.82 Å². The smallest absolute Gasteiger partial charge is 0.123 e. The molecule has 0 saturated carbocycles. The Morgan fingerprint density at radius 1 is 1.06 bits per heavy atom. The standard InChI is InChI=1S/C14H15FS/c1-2-3-4-13-9-10-14(16-13)11-5-7-12(15)8-6-11/h5-10H,2-4H2,1H3. The largest absolute Gasteiger partial charge is 0.207 e. The molecule has 84 valence electrons. The monoisotopic (exact) mass is 234 g/mol. The van der Waals surface area contributed by atoms with E-state index in [0.717, 1.165) is 12.0 Å². The summed E-state index contributed by atoms with van der Waals surface area (Å²) in [6.45, 7) is 2.20. The Morgan fingerprint density at radius 2 is 1.81 bits per heavy atom. The fourth-order valence-corrected chi connectivity index (χ4v) is 2.69. The lowest BCUT2D eigenvalue weighted by Crippen LogP contribution is -1.76. The Hall–Kier alpha value is -1.15. The molecule has 0 aliphatic carbocycles. The molecule has 0 fully saturated rings. The zero-order valence-corrected chi connectivity index (χ0v) is 10.2. The molecule has 2 heteroatoms. The molecule has 16 heavy (non-hydrogen) atoms. The molecule has 1 aromatic carbocycles. The van der Waals surface area contributed by atoms with Crippen LogP contribution in [0.2, 0.25) is 0 Å². The van der Waals surface area contributed by atoms with Crippen molar-refractivity contribution in [2.75, 3.05) is 0 Å². The molecule has 0 radical (unpaired) electrons. The fraction of sp³-hybridized carbons (Fsp3) is 0.286. The lowest BCUT2D eigenvalue weighted by Gasteiger charge is -1.96. The molecule has 0 saturated heterocycles. The molecule has 0 aliphatic heterocycles. The van der Waals surface area contributed by atoms with Crippen LogP contribution in [0.25, 0.3) is 10.4 Å². The Balaban J connectivity index is 2.15. The van der Waals surface area contributed by atoms with E-state index in [1.54, 1.807) is 0 Å². The quantitative estimate of drug-likeness (QED) is 0.706. The highest BCUT2D eigenvalue weighted by molar-refractivity contribution is 7.15. The summed E-state index contributed by atoms with van der Waals surface area (Å²) in [5.74, 6) is -0.175. The predicted octanol–water partition coefficient (Wildman–Crippen LogP) is 4.90. The first-order valence-electron chi connectivity index (χ1n) is 5.64. The maximum absolute atomic E-state index is 12.8. The van der Waals surface area contributed by atoms with E-state index in [9.17, 15) is 4.39 Å². The van der Waals surface area contributed by atoms with Gasteiger partial charge in [-0.05, 0) is 42.7 Å². The molecule has 2 rings (SSSR count). The van der Waals surface area contributed by atoms with E-state index in [4.69, 9.17) is 0 Å². The molecule has 0 nitrogen and oxygen atoms in total. The van der Waals surface area contributed by atoms with Gasteiger partial charge in [0.05, 0.1) is 0 Å². The SMILES string of the molecule is CCCCc1ccc(-c2ccc(F)cc2)s1. The molecule has 0 aliphatic rings. The van der Waals surface area contributed by atoms with E-state index in [0.29, 0.717) is 0 Å². The number of rotatable bonds is 4. The van der Waals surface area contributed by atoms with Gasteiger partial charge in [0, 0.05) is 9.75 Å². The van der Waals surface area contributed by atoms with Crippen molar-refractivity contribution < 1.29 is 4.39 Å². The maximum Gasteiger partial charge on any atom is 0.123 e. The average Bonchev–Trinajstić information content (AvgIpc) is 2.76. The molecule has 0 spiro atoms. The summed E-state index contributed by atoms with van der Waals surface area (Å²) in [5.41, 5.74) is 1.11. The van der Waals surface area contributed by atoms with Crippen molar-refractivity contribution in [2.45, 2.75) is 26.2 Å². The Labute approximate surface area is 99.8 Å². The van der Waals surface area contributed by atoms with E-state index < -0.39 is 0 Å². The molecule has 0 bridgehead atoms. The summed E-state index contributed by atoms with van der Waals surface area (Å²) in [4.78, 5) is 2.65. The van der Waals surface area contributed by atoms with Crippen molar-refractivity contribution in [1.29, 1.82) is 0 Å². The van der Waals surface area contributed by atoms with Crippen LogP contribution in [0.3, 0.4) is 0 Å². The van der Waals surface area contributed by atoms with Crippen LogP contribution in [0.1, 0.15) is 24.6 Å². The summed E-state index contributed by atoms with van der Waals surface area (Å²) < 4.78 is 12.8. The second-order valence-corrected chi connectivity index (χ2v) is 5.04. The highest BCUT2D eigenvalue weighted by atomic mass is 32.1. The molecule has 0 amide bonds.